The summed E-state index contributed by atoms with van der Waals surface area (Å²) in [6.07, 6.45) is 4.49. The van der Waals surface area contributed by atoms with Crippen LogP contribution in [0.2, 0.25) is 0 Å². The van der Waals surface area contributed by atoms with Crippen molar-refractivity contribution in [3.8, 4) is 0 Å². The van der Waals surface area contributed by atoms with E-state index in [1.807, 2.05) is 13.1 Å². The topological polar surface area (TPSA) is 42.4 Å². The molecule has 0 spiro atoms. The number of ether oxygens (including phenoxy) is 1. The average Bonchev–Trinajstić information content (AvgIpc) is 2.39. The quantitative estimate of drug-likeness (QED) is 0.724. The first-order valence-electron chi connectivity index (χ1n) is 5.53. The van der Waals surface area contributed by atoms with Crippen molar-refractivity contribution in [3.63, 3.8) is 0 Å². The van der Waals surface area contributed by atoms with E-state index in [4.69, 9.17) is 4.74 Å². The SMILES string of the molecule is CN(c1ccc(C=O)cn1)C1CCOCC1. The molecule has 4 heteroatoms. The summed E-state index contributed by atoms with van der Waals surface area (Å²) in [4.78, 5) is 17.0. The summed E-state index contributed by atoms with van der Waals surface area (Å²) in [6, 6.07) is 4.17. The van der Waals surface area contributed by atoms with Crippen LogP contribution in [0.3, 0.4) is 0 Å². The Kier molecular flexibility index (Phi) is 3.51. The van der Waals surface area contributed by atoms with Gasteiger partial charge in [0.1, 0.15) is 5.82 Å². The van der Waals surface area contributed by atoms with Crippen LogP contribution in [0.4, 0.5) is 5.82 Å². The van der Waals surface area contributed by atoms with Crippen LogP contribution in [0.5, 0.6) is 0 Å². The molecule has 2 rings (SSSR count). The fourth-order valence-electron chi connectivity index (χ4n) is 1.94. The molecule has 1 aliphatic rings. The Morgan fingerprint density at radius 2 is 2.19 bits per heavy atom. The summed E-state index contributed by atoms with van der Waals surface area (Å²) in [7, 11) is 2.04. The van der Waals surface area contributed by atoms with Crippen molar-refractivity contribution in [1.82, 2.24) is 4.98 Å². The van der Waals surface area contributed by atoms with E-state index < -0.39 is 0 Å². The lowest BCUT2D eigenvalue weighted by atomic mass is 10.1. The first-order chi connectivity index (χ1) is 7.81. The molecule has 0 aliphatic carbocycles. The molecule has 0 amide bonds. The van der Waals surface area contributed by atoms with Crippen LogP contribution in [-0.4, -0.2) is 37.6 Å². The van der Waals surface area contributed by atoms with Crippen molar-refractivity contribution in [1.29, 1.82) is 0 Å². The van der Waals surface area contributed by atoms with Crippen LogP contribution in [-0.2, 0) is 4.74 Å². The molecule has 0 bridgehead atoms. The Hall–Kier alpha value is -1.42. The first kappa shape index (κ1) is 11.1. The Morgan fingerprint density at radius 1 is 1.44 bits per heavy atom. The molecule has 1 aromatic heterocycles. The third kappa shape index (κ3) is 2.39. The summed E-state index contributed by atoms with van der Waals surface area (Å²) in [5.41, 5.74) is 0.615. The lowest BCUT2D eigenvalue weighted by molar-refractivity contribution is 0.0853. The van der Waals surface area contributed by atoms with Gasteiger partial charge in [0.25, 0.3) is 0 Å². The Bertz CT molecular complexity index is 345. The van der Waals surface area contributed by atoms with E-state index in [2.05, 4.69) is 9.88 Å². The minimum Gasteiger partial charge on any atom is -0.381 e. The van der Waals surface area contributed by atoms with Gasteiger partial charge in [-0.1, -0.05) is 0 Å². The summed E-state index contributed by atoms with van der Waals surface area (Å²) in [5, 5.41) is 0. The van der Waals surface area contributed by atoms with Crippen LogP contribution >= 0.6 is 0 Å². The fraction of sp³-hybridized carbons (Fsp3) is 0.500. The zero-order valence-corrected chi connectivity index (χ0v) is 9.43. The second-order valence-corrected chi connectivity index (χ2v) is 4.02. The van der Waals surface area contributed by atoms with Gasteiger partial charge in [0.2, 0.25) is 0 Å². The van der Waals surface area contributed by atoms with Crippen molar-refractivity contribution in [2.45, 2.75) is 18.9 Å². The van der Waals surface area contributed by atoms with Crippen molar-refractivity contribution in [2.24, 2.45) is 0 Å². The van der Waals surface area contributed by atoms with Crippen LogP contribution in [0.15, 0.2) is 18.3 Å². The van der Waals surface area contributed by atoms with E-state index in [9.17, 15) is 4.79 Å². The van der Waals surface area contributed by atoms with Gasteiger partial charge in [-0.2, -0.15) is 0 Å². The maximum Gasteiger partial charge on any atom is 0.151 e. The van der Waals surface area contributed by atoms with E-state index >= 15 is 0 Å². The number of pyridine rings is 1. The number of carbonyl (C=O) groups excluding carboxylic acids is 1. The zero-order valence-electron chi connectivity index (χ0n) is 9.43. The second-order valence-electron chi connectivity index (χ2n) is 4.02. The number of hydrogen-bond donors (Lipinski definition) is 0. The molecule has 1 aromatic rings. The van der Waals surface area contributed by atoms with Gasteiger partial charge in [0, 0.05) is 38.1 Å². The van der Waals surface area contributed by atoms with Gasteiger partial charge in [-0.05, 0) is 25.0 Å². The molecule has 86 valence electrons. The molecule has 0 atom stereocenters. The van der Waals surface area contributed by atoms with E-state index in [0.29, 0.717) is 11.6 Å². The van der Waals surface area contributed by atoms with Crippen LogP contribution in [0.1, 0.15) is 23.2 Å². The Labute approximate surface area is 95.2 Å². The lowest BCUT2D eigenvalue weighted by Gasteiger charge is -2.32. The number of aldehydes is 1. The van der Waals surface area contributed by atoms with Gasteiger partial charge < -0.3 is 9.64 Å². The molecular weight excluding hydrogens is 204 g/mol. The molecule has 1 saturated heterocycles. The van der Waals surface area contributed by atoms with Gasteiger partial charge >= 0.3 is 0 Å². The van der Waals surface area contributed by atoms with E-state index in [1.165, 1.54) is 0 Å². The molecule has 1 aliphatic heterocycles. The second kappa shape index (κ2) is 5.07. The molecule has 2 heterocycles. The third-order valence-electron chi connectivity index (χ3n) is 3.01. The van der Waals surface area contributed by atoms with Gasteiger partial charge in [0.15, 0.2) is 6.29 Å². The fourth-order valence-corrected chi connectivity index (χ4v) is 1.94. The highest BCUT2D eigenvalue weighted by Gasteiger charge is 2.19. The minimum absolute atomic E-state index is 0.489. The maximum absolute atomic E-state index is 10.5. The van der Waals surface area contributed by atoms with Gasteiger partial charge in [0.05, 0.1) is 0 Å². The highest BCUT2D eigenvalue weighted by Crippen LogP contribution is 2.18. The summed E-state index contributed by atoms with van der Waals surface area (Å²) in [6.45, 7) is 1.64. The third-order valence-corrected chi connectivity index (χ3v) is 3.01. The molecule has 0 aromatic carbocycles. The predicted molar refractivity (Wildman–Crippen MR) is 61.9 cm³/mol. The Balaban J connectivity index is 2.06. The van der Waals surface area contributed by atoms with Crippen molar-refractivity contribution < 1.29 is 9.53 Å². The molecule has 1 fully saturated rings. The van der Waals surface area contributed by atoms with Crippen molar-refractivity contribution in [3.05, 3.63) is 23.9 Å². The monoisotopic (exact) mass is 220 g/mol. The van der Waals surface area contributed by atoms with Gasteiger partial charge in [-0.3, -0.25) is 4.79 Å². The number of anilines is 1. The normalized spacial score (nSPS) is 17.1. The van der Waals surface area contributed by atoms with E-state index in [-0.39, 0.29) is 0 Å². The van der Waals surface area contributed by atoms with Crippen LogP contribution in [0, 0.1) is 0 Å². The smallest absolute Gasteiger partial charge is 0.151 e. The van der Waals surface area contributed by atoms with Gasteiger partial charge in [-0.25, -0.2) is 4.98 Å². The number of carbonyl (C=O) groups is 1. The molecule has 0 N–H and O–H groups in total. The molecule has 16 heavy (non-hydrogen) atoms. The lowest BCUT2D eigenvalue weighted by Crippen LogP contribution is -2.37. The largest absolute Gasteiger partial charge is 0.381 e. The highest BCUT2D eigenvalue weighted by molar-refractivity contribution is 5.74. The summed E-state index contributed by atoms with van der Waals surface area (Å²) in [5.74, 6) is 0.914. The average molecular weight is 220 g/mol. The predicted octanol–water partition coefficient (Wildman–Crippen LogP) is 1.51. The zero-order chi connectivity index (χ0) is 11.4. The molecule has 4 nitrogen and oxygen atoms in total. The van der Waals surface area contributed by atoms with Gasteiger partial charge in [-0.15, -0.1) is 0 Å². The summed E-state index contributed by atoms with van der Waals surface area (Å²) >= 11 is 0. The maximum atomic E-state index is 10.5. The number of nitrogens with zero attached hydrogens (tertiary/aromatic N) is 2. The Morgan fingerprint density at radius 3 is 2.75 bits per heavy atom. The highest BCUT2D eigenvalue weighted by atomic mass is 16.5. The summed E-state index contributed by atoms with van der Waals surface area (Å²) < 4.78 is 5.33. The molecule has 0 saturated carbocycles. The molecular formula is C12H16N2O2. The number of aromatic nitrogens is 1. The number of hydrogen-bond acceptors (Lipinski definition) is 4. The van der Waals surface area contributed by atoms with Crippen molar-refractivity contribution in [2.75, 3.05) is 25.2 Å². The van der Waals surface area contributed by atoms with Crippen LogP contribution in [0.25, 0.3) is 0 Å². The van der Waals surface area contributed by atoms with E-state index in [0.717, 1.165) is 38.2 Å². The standard InChI is InChI=1S/C12H16N2O2/c1-14(11-4-6-16-7-5-11)12-3-2-10(9-15)8-13-12/h2-3,8-9,11H,4-7H2,1H3. The van der Waals surface area contributed by atoms with Crippen LogP contribution < -0.4 is 4.90 Å². The number of rotatable bonds is 3. The molecule has 0 unspecified atom stereocenters. The van der Waals surface area contributed by atoms with Crippen molar-refractivity contribution >= 4 is 12.1 Å². The molecule has 0 radical (unpaired) electrons. The minimum atomic E-state index is 0.489. The van der Waals surface area contributed by atoms with E-state index in [1.54, 1.807) is 12.3 Å². The first-order valence-corrected chi connectivity index (χ1v) is 5.53.